The molecular formula is C12H14N2O. The molecule has 78 valence electrons. The minimum absolute atomic E-state index is 0.0341. The molecule has 1 aliphatic heterocycles. The fourth-order valence-electron chi connectivity index (χ4n) is 2.35. The summed E-state index contributed by atoms with van der Waals surface area (Å²) in [5, 5.41) is 11.4. The fourth-order valence-corrected chi connectivity index (χ4v) is 2.35. The number of aliphatic hydroxyl groups is 1. The van der Waals surface area contributed by atoms with Crippen molar-refractivity contribution in [3.8, 4) is 0 Å². The maximum Gasteiger partial charge on any atom is 0.177 e. The summed E-state index contributed by atoms with van der Waals surface area (Å²) in [5.41, 5.74) is -0.554. The largest absolute Gasteiger partial charge is 0.392 e. The second-order valence-electron chi connectivity index (χ2n) is 4.38. The molecule has 0 saturated heterocycles. The van der Waals surface area contributed by atoms with Gasteiger partial charge in [0, 0.05) is 5.92 Å². The normalized spacial score (nSPS) is 22.5. The van der Waals surface area contributed by atoms with E-state index in [1.165, 1.54) is 6.42 Å². The van der Waals surface area contributed by atoms with Gasteiger partial charge in [-0.1, -0.05) is 18.6 Å². The molecule has 1 N–H and O–H groups in total. The Labute approximate surface area is 88.2 Å². The standard InChI is InChI=1S/C12H14N2O/c15-8-12(9-4-3-5-9)13-10-6-1-2-7-11(10)14-12/h1-2,6-7,9,15H,3-5,8H2. The molecule has 1 saturated carbocycles. The average molecular weight is 202 g/mol. The van der Waals surface area contributed by atoms with Gasteiger partial charge in [-0.2, -0.15) is 0 Å². The number of hydrogen-bond acceptors (Lipinski definition) is 3. The van der Waals surface area contributed by atoms with Gasteiger partial charge in [0.15, 0.2) is 5.66 Å². The van der Waals surface area contributed by atoms with E-state index < -0.39 is 5.66 Å². The Morgan fingerprint density at radius 2 is 1.80 bits per heavy atom. The van der Waals surface area contributed by atoms with Crippen LogP contribution < -0.4 is 10.7 Å². The summed E-state index contributed by atoms with van der Waals surface area (Å²) in [6, 6.07) is 7.86. The molecule has 0 radical (unpaired) electrons. The first-order valence-corrected chi connectivity index (χ1v) is 5.50. The van der Waals surface area contributed by atoms with Gasteiger partial charge < -0.3 is 5.11 Å². The number of aliphatic hydroxyl groups excluding tert-OH is 1. The van der Waals surface area contributed by atoms with Gasteiger partial charge in [-0.25, -0.2) is 0 Å². The third-order valence-electron chi connectivity index (χ3n) is 3.50. The predicted octanol–water partition coefficient (Wildman–Crippen LogP) is 0.428. The molecule has 1 aliphatic carbocycles. The molecule has 0 unspecified atom stereocenters. The Morgan fingerprint density at radius 1 is 1.20 bits per heavy atom. The quantitative estimate of drug-likeness (QED) is 0.742. The van der Waals surface area contributed by atoms with Crippen LogP contribution in [0.1, 0.15) is 19.3 Å². The lowest BCUT2D eigenvalue weighted by molar-refractivity contribution is 0.0987. The molecule has 0 aromatic heterocycles. The van der Waals surface area contributed by atoms with Gasteiger partial charge in [-0.05, 0) is 25.0 Å². The first-order chi connectivity index (χ1) is 7.34. The van der Waals surface area contributed by atoms with E-state index in [0.29, 0.717) is 5.92 Å². The molecule has 2 aliphatic rings. The zero-order valence-electron chi connectivity index (χ0n) is 8.56. The highest BCUT2D eigenvalue weighted by atomic mass is 16.3. The van der Waals surface area contributed by atoms with Crippen molar-refractivity contribution in [3.63, 3.8) is 0 Å². The van der Waals surface area contributed by atoms with Crippen LogP contribution in [0.2, 0.25) is 0 Å². The summed E-state index contributed by atoms with van der Waals surface area (Å²) in [6.45, 7) is 0.0341. The third kappa shape index (κ3) is 1.23. The Morgan fingerprint density at radius 3 is 2.20 bits per heavy atom. The lowest BCUT2D eigenvalue weighted by Gasteiger charge is -2.36. The number of para-hydroxylation sites is 2. The number of fused-ring (bicyclic) bond motifs is 1. The Bertz CT molecular complexity index is 456. The third-order valence-corrected chi connectivity index (χ3v) is 3.50. The van der Waals surface area contributed by atoms with Crippen LogP contribution in [0.5, 0.6) is 0 Å². The highest BCUT2D eigenvalue weighted by Gasteiger charge is 2.42. The SMILES string of the molecule is OCC1(C2CCC2)N=c2ccccc2=N1. The first kappa shape index (κ1) is 9.04. The van der Waals surface area contributed by atoms with Gasteiger partial charge in [-0.15, -0.1) is 0 Å². The van der Waals surface area contributed by atoms with Crippen molar-refractivity contribution in [2.45, 2.75) is 24.9 Å². The van der Waals surface area contributed by atoms with E-state index in [1.807, 2.05) is 24.3 Å². The zero-order valence-corrected chi connectivity index (χ0v) is 8.56. The molecule has 15 heavy (non-hydrogen) atoms. The lowest BCUT2D eigenvalue weighted by Crippen LogP contribution is -2.41. The number of nitrogens with zero attached hydrogens (tertiary/aromatic N) is 2. The van der Waals surface area contributed by atoms with Gasteiger partial charge in [0.05, 0.1) is 17.3 Å². The summed E-state index contributed by atoms with van der Waals surface area (Å²) < 4.78 is 0. The summed E-state index contributed by atoms with van der Waals surface area (Å²) in [5.74, 6) is 0.440. The maximum absolute atomic E-state index is 9.54. The van der Waals surface area contributed by atoms with Crippen LogP contribution >= 0.6 is 0 Å². The van der Waals surface area contributed by atoms with E-state index in [0.717, 1.165) is 23.6 Å². The van der Waals surface area contributed by atoms with E-state index in [1.54, 1.807) is 0 Å². The van der Waals surface area contributed by atoms with Crippen molar-refractivity contribution in [3.05, 3.63) is 35.0 Å². The minimum Gasteiger partial charge on any atom is -0.392 e. The molecule has 1 fully saturated rings. The van der Waals surface area contributed by atoms with E-state index in [4.69, 9.17) is 0 Å². The molecule has 1 aromatic rings. The van der Waals surface area contributed by atoms with Crippen molar-refractivity contribution in [2.24, 2.45) is 15.9 Å². The number of hydrogen-bond donors (Lipinski definition) is 1. The van der Waals surface area contributed by atoms with Crippen LogP contribution in [0.4, 0.5) is 0 Å². The topological polar surface area (TPSA) is 45.0 Å². The van der Waals surface area contributed by atoms with Crippen LogP contribution in [0, 0.1) is 5.92 Å². The number of benzene rings is 1. The first-order valence-electron chi connectivity index (χ1n) is 5.50. The molecule has 3 heteroatoms. The average Bonchev–Trinajstić information content (AvgIpc) is 2.54. The Kier molecular flexibility index (Phi) is 1.89. The summed E-state index contributed by atoms with van der Waals surface area (Å²) >= 11 is 0. The Hall–Kier alpha value is -1.22. The highest BCUT2D eigenvalue weighted by molar-refractivity contribution is 5.10. The van der Waals surface area contributed by atoms with Gasteiger partial charge in [0.1, 0.15) is 0 Å². The smallest absolute Gasteiger partial charge is 0.177 e. The van der Waals surface area contributed by atoms with Gasteiger partial charge >= 0.3 is 0 Å². The van der Waals surface area contributed by atoms with Crippen LogP contribution in [0.3, 0.4) is 0 Å². The van der Waals surface area contributed by atoms with Crippen molar-refractivity contribution in [1.29, 1.82) is 0 Å². The van der Waals surface area contributed by atoms with Crippen molar-refractivity contribution in [1.82, 2.24) is 0 Å². The summed E-state index contributed by atoms with van der Waals surface area (Å²) in [7, 11) is 0. The number of rotatable bonds is 2. The molecule has 0 atom stereocenters. The van der Waals surface area contributed by atoms with Crippen molar-refractivity contribution in [2.75, 3.05) is 6.61 Å². The van der Waals surface area contributed by atoms with Crippen LogP contribution in [0.25, 0.3) is 0 Å². The van der Waals surface area contributed by atoms with Gasteiger partial charge in [-0.3, -0.25) is 9.98 Å². The molecule has 3 rings (SSSR count). The van der Waals surface area contributed by atoms with Gasteiger partial charge in [0.2, 0.25) is 0 Å². The second-order valence-corrected chi connectivity index (χ2v) is 4.38. The monoisotopic (exact) mass is 202 g/mol. The van der Waals surface area contributed by atoms with E-state index in [-0.39, 0.29) is 6.61 Å². The molecule has 0 amide bonds. The Balaban J connectivity index is 2.12. The van der Waals surface area contributed by atoms with Crippen molar-refractivity contribution >= 4 is 0 Å². The summed E-state index contributed by atoms with van der Waals surface area (Å²) in [4.78, 5) is 9.21. The van der Waals surface area contributed by atoms with Gasteiger partial charge in [0.25, 0.3) is 0 Å². The predicted molar refractivity (Wildman–Crippen MR) is 55.9 cm³/mol. The molecule has 0 spiro atoms. The van der Waals surface area contributed by atoms with Crippen molar-refractivity contribution < 1.29 is 5.11 Å². The van der Waals surface area contributed by atoms with E-state index in [2.05, 4.69) is 9.98 Å². The van der Waals surface area contributed by atoms with E-state index in [9.17, 15) is 5.11 Å². The van der Waals surface area contributed by atoms with Crippen LogP contribution in [0.15, 0.2) is 34.3 Å². The maximum atomic E-state index is 9.54. The molecule has 3 nitrogen and oxygen atoms in total. The summed E-state index contributed by atoms with van der Waals surface area (Å²) in [6.07, 6.45) is 3.52. The molecule has 1 heterocycles. The van der Waals surface area contributed by atoms with Crippen LogP contribution in [-0.4, -0.2) is 17.4 Å². The highest BCUT2D eigenvalue weighted by Crippen LogP contribution is 2.39. The molecular weight excluding hydrogens is 188 g/mol. The van der Waals surface area contributed by atoms with E-state index >= 15 is 0 Å². The molecule has 1 aromatic carbocycles. The fraction of sp³-hybridized carbons (Fsp3) is 0.500. The zero-order chi connectivity index (χ0) is 10.3. The molecule has 0 bridgehead atoms. The lowest BCUT2D eigenvalue weighted by atomic mass is 9.76. The minimum atomic E-state index is -0.554. The second kappa shape index (κ2) is 3.14. The van der Waals surface area contributed by atoms with Crippen LogP contribution in [-0.2, 0) is 0 Å².